The van der Waals surface area contributed by atoms with E-state index in [0.29, 0.717) is 10.9 Å². The largest absolute Gasteiger partial charge is 0.483 e. The summed E-state index contributed by atoms with van der Waals surface area (Å²) in [5, 5.41) is 12.3. The Balaban J connectivity index is 1.55. The van der Waals surface area contributed by atoms with Crippen LogP contribution in [0.4, 0.5) is 5.13 Å². The predicted octanol–water partition coefficient (Wildman–Crippen LogP) is 3.61. The van der Waals surface area contributed by atoms with Gasteiger partial charge in [-0.3, -0.25) is 10.1 Å². The van der Waals surface area contributed by atoms with Crippen molar-refractivity contribution in [3.8, 4) is 11.5 Å². The van der Waals surface area contributed by atoms with Crippen LogP contribution in [0, 0.1) is 0 Å². The maximum absolute atomic E-state index is 12.1. The van der Waals surface area contributed by atoms with Crippen molar-refractivity contribution in [3.05, 3.63) is 28.8 Å². The lowest BCUT2D eigenvalue weighted by Gasteiger charge is -2.18. The first-order valence-electron chi connectivity index (χ1n) is 8.53. The highest BCUT2D eigenvalue weighted by atomic mass is 32.1. The Morgan fingerprint density at radius 1 is 1.40 bits per heavy atom. The standard InChI is InChI=1S/C18H23N3O3S/c1-4-5-9-15-20-21-17(25-15)19-14(22)11-23-13-8-6-7-12-10-18(2,3)24-16(12)13/h6-8H,4-5,9-11H2,1-3H3,(H,19,21,22). The van der Waals surface area contributed by atoms with Crippen molar-refractivity contribution < 1.29 is 14.3 Å². The van der Waals surface area contributed by atoms with Crippen LogP contribution in [0.15, 0.2) is 18.2 Å². The van der Waals surface area contributed by atoms with Crippen molar-refractivity contribution in [2.45, 2.75) is 52.1 Å². The van der Waals surface area contributed by atoms with Gasteiger partial charge in [-0.15, -0.1) is 10.2 Å². The van der Waals surface area contributed by atoms with E-state index in [9.17, 15) is 4.79 Å². The van der Waals surface area contributed by atoms with Crippen LogP contribution in [0.2, 0.25) is 0 Å². The number of hydrogen-bond acceptors (Lipinski definition) is 6. The summed E-state index contributed by atoms with van der Waals surface area (Å²) in [5.74, 6) is 1.07. The number of fused-ring (bicyclic) bond motifs is 1. The van der Waals surface area contributed by atoms with Gasteiger partial charge in [0.1, 0.15) is 10.6 Å². The summed E-state index contributed by atoms with van der Waals surface area (Å²) in [5.41, 5.74) is 0.860. The molecule has 0 saturated heterocycles. The molecular weight excluding hydrogens is 338 g/mol. The van der Waals surface area contributed by atoms with Crippen LogP contribution in [-0.4, -0.2) is 28.3 Å². The monoisotopic (exact) mass is 361 g/mol. The van der Waals surface area contributed by atoms with Crippen LogP contribution in [0.25, 0.3) is 0 Å². The van der Waals surface area contributed by atoms with Crippen LogP contribution in [0.1, 0.15) is 44.2 Å². The van der Waals surface area contributed by atoms with E-state index in [1.807, 2.05) is 32.0 Å². The first-order valence-corrected chi connectivity index (χ1v) is 9.34. The molecule has 0 atom stereocenters. The lowest BCUT2D eigenvalue weighted by atomic mass is 10.0. The number of aryl methyl sites for hydroxylation is 1. The summed E-state index contributed by atoms with van der Waals surface area (Å²) in [4.78, 5) is 12.1. The van der Waals surface area contributed by atoms with Crippen molar-refractivity contribution in [1.82, 2.24) is 10.2 Å². The first-order chi connectivity index (χ1) is 12.0. The molecule has 134 valence electrons. The lowest BCUT2D eigenvalue weighted by molar-refractivity contribution is -0.118. The number of rotatable bonds is 7. The number of carbonyl (C=O) groups excluding carboxylic acids is 1. The smallest absolute Gasteiger partial charge is 0.264 e. The summed E-state index contributed by atoms with van der Waals surface area (Å²) in [6.45, 7) is 6.11. The van der Waals surface area contributed by atoms with Crippen molar-refractivity contribution in [1.29, 1.82) is 0 Å². The van der Waals surface area contributed by atoms with Gasteiger partial charge in [-0.25, -0.2) is 0 Å². The van der Waals surface area contributed by atoms with Crippen molar-refractivity contribution in [2.24, 2.45) is 0 Å². The number of anilines is 1. The number of nitrogens with one attached hydrogen (secondary N) is 1. The Labute approximate surface area is 151 Å². The van der Waals surface area contributed by atoms with Gasteiger partial charge in [0.2, 0.25) is 5.13 Å². The fourth-order valence-electron chi connectivity index (χ4n) is 2.73. The molecule has 1 aliphatic heterocycles. The molecular formula is C18H23N3O3S. The Morgan fingerprint density at radius 3 is 3.04 bits per heavy atom. The molecule has 0 saturated carbocycles. The second-order valence-electron chi connectivity index (χ2n) is 6.72. The number of para-hydroxylation sites is 1. The summed E-state index contributed by atoms with van der Waals surface area (Å²) in [6, 6.07) is 5.76. The molecule has 0 spiro atoms. The molecule has 0 unspecified atom stereocenters. The maximum atomic E-state index is 12.1. The van der Waals surface area contributed by atoms with Gasteiger partial charge in [0, 0.05) is 18.4 Å². The van der Waals surface area contributed by atoms with Crippen LogP contribution < -0.4 is 14.8 Å². The Morgan fingerprint density at radius 2 is 2.24 bits per heavy atom. The van der Waals surface area contributed by atoms with Crippen molar-refractivity contribution >= 4 is 22.4 Å². The molecule has 0 radical (unpaired) electrons. The van der Waals surface area contributed by atoms with Crippen molar-refractivity contribution in [3.63, 3.8) is 0 Å². The third kappa shape index (κ3) is 4.48. The fraction of sp³-hybridized carbons (Fsp3) is 0.500. The maximum Gasteiger partial charge on any atom is 0.264 e. The van der Waals surface area contributed by atoms with Gasteiger partial charge in [-0.1, -0.05) is 36.8 Å². The number of amides is 1. The van der Waals surface area contributed by atoms with Gasteiger partial charge < -0.3 is 9.47 Å². The van der Waals surface area contributed by atoms with Gasteiger partial charge in [0.25, 0.3) is 5.91 Å². The van der Waals surface area contributed by atoms with E-state index in [1.54, 1.807) is 0 Å². The predicted molar refractivity (Wildman–Crippen MR) is 97.5 cm³/mol. The molecule has 1 N–H and O–H groups in total. The fourth-order valence-corrected chi connectivity index (χ4v) is 3.53. The quantitative estimate of drug-likeness (QED) is 0.815. The zero-order valence-corrected chi connectivity index (χ0v) is 15.6. The molecule has 1 amide bonds. The van der Waals surface area contributed by atoms with Gasteiger partial charge in [0.05, 0.1) is 0 Å². The molecule has 25 heavy (non-hydrogen) atoms. The second kappa shape index (κ2) is 7.39. The topological polar surface area (TPSA) is 73.3 Å². The SMILES string of the molecule is CCCCc1nnc(NC(=O)COc2cccc3c2OC(C)(C)C3)s1. The van der Waals surface area contributed by atoms with Crippen LogP contribution >= 0.6 is 11.3 Å². The van der Waals surface area contributed by atoms with Crippen LogP contribution in [-0.2, 0) is 17.6 Å². The zero-order valence-electron chi connectivity index (χ0n) is 14.8. The molecule has 3 rings (SSSR count). The average Bonchev–Trinajstić information content (AvgIpc) is 3.13. The highest BCUT2D eigenvalue weighted by Gasteiger charge is 2.32. The molecule has 1 aromatic heterocycles. The van der Waals surface area contributed by atoms with E-state index >= 15 is 0 Å². The number of nitrogens with zero attached hydrogens (tertiary/aromatic N) is 2. The molecule has 2 aromatic rings. The van der Waals surface area contributed by atoms with Gasteiger partial charge in [-0.05, 0) is 26.3 Å². The normalized spacial score (nSPS) is 14.7. The third-order valence-electron chi connectivity index (χ3n) is 3.87. The molecule has 0 aliphatic carbocycles. The van der Waals surface area contributed by atoms with E-state index in [2.05, 4.69) is 22.4 Å². The summed E-state index contributed by atoms with van der Waals surface area (Å²) in [7, 11) is 0. The van der Waals surface area contributed by atoms with Gasteiger partial charge in [0.15, 0.2) is 18.1 Å². The van der Waals surface area contributed by atoms with Gasteiger partial charge in [-0.2, -0.15) is 0 Å². The molecule has 6 nitrogen and oxygen atoms in total. The third-order valence-corrected chi connectivity index (χ3v) is 4.77. The molecule has 0 fully saturated rings. The molecule has 1 aromatic carbocycles. The Kier molecular flexibility index (Phi) is 5.22. The summed E-state index contributed by atoms with van der Waals surface area (Å²) in [6.07, 6.45) is 3.90. The number of aromatic nitrogens is 2. The average molecular weight is 361 g/mol. The van der Waals surface area contributed by atoms with E-state index in [-0.39, 0.29) is 18.1 Å². The number of unbranched alkanes of at least 4 members (excludes halogenated alkanes) is 1. The Hall–Kier alpha value is -2.15. The number of hydrogen-bond donors (Lipinski definition) is 1. The number of carbonyl (C=O) groups is 1. The minimum absolute atomic E-state index is 0.0931. The number of benzene rings is 1. The lowest BCUT2D eigenvalue weighted by Crippen LogP contribution is -2.25. The van der Waals surface area contributed by atoms with Gasteiger partial charge >= 0.3 is 0 Å². The second-order valence-corrected chi connectivity index (χ2v) is 7.79. The van der Waals surface area contributed by atoms with Crippen LogP contribution in [0.5, 0.6) is 11.5 Å². The van der Waals surface area contributed by atoms with E-state index < -0.39 is 0 Å². The van der Waals surface area contributed by atoms with E-state index in [0.717, 1.165) is 42.0 Å². The summed E-state index contributed by atoms with van der Waals surface area (Å²) < 4.78 is 11.6. The summed E-state index contributed by atoms with van der Waals surface area (Å²) >= 11 is 1.41. The zero-order chi connectivity index (χ0) is 17.9. The van der Waals surface area contributed by atoms with Crippen LogP contribution in [0.3, 0.4) is 0 Å². The minimum atomic E-state index is -0.256. The first kappa shape index (κ1) is 17.7. The minimum Gasteiger partial charge on any atom is -0.483 e. The molecule has 2 heterocycles. The van der Waals surface area contributed by atoms with Crippen molar-refractivity contribution in [2.75, 3.05) is 11.9 Å². The highest BCUT2D eigenvalue weighted by molar-refractivity contribution is 7.15. The number of ether oxygens (including phenoxy) is 2. The molecule has 0 bridgehead atoms. The Bertz CT molecular complexity index is 758. The molecule has 1 aliphatic rings. The van der Waals surface area contributed by atoms with E-state index in [1.165, 1.54) is 11.3 Å². The van der Waals surface area contributed by atoms with E-state index in [4.69, 9.17) is 9.47 Å². The molecule has 7 heteroatoms. The highest BCUT2D eigenvalue weighted by Crippen LogP contribution is 2.41.